The minimum absolute atomic E-state index is 0.222. The summed E-state index contributed by atoms with van der Waals surface area (Å²) >= 11 is 1.61. The van der Waals surface area contributed by atoms with Crippen molar-refractivity contribution in [2.45, 2.75) is 50.4 Å². The number of amides is 1. The maximum Gasteiger partial charge on any atom is 0.273 e. The maximum absolute atomic E-state index is 12.6. The highest BCUT2D eigenvalue weighted by Crippen LogP contribution is 2.41. The molecule has 2 aliphatic rings. The molecule has 27 heavy (non-hydrogen) atoms. The molecule has 0 radical (unpaired) electrons. The van der Waals surface area contributed by atoms with Crippen LogP contribution in [0.2, 0.25) is 0 Å². The molecule has 2 aromatic heterocycles. The Bertz CT molecular complexity index is 800. The molecule has 0 unspecified atom stereocenters. The summed E-state index contributed by atoms with van der Waals surface area (Å²) in [5.41, 5.74) is -1.22. The summed E-state index contributed by atoms with van der Waals surface area (Å²) in [5.74, 6) is 0.231. The van der Waals surface area contributed by atoms with E-state index in [1.807, 2.05) is 12.3 Å². The monoisotopic (exact) mass is 392 g/mol. The van der Waals surface area contributed by atoms with Crippen LogP contribution in [-0.4, -0.2) is 58.1 Å². The number of hydrogen-bond donors (Lipinski definition) is 2. The number of nitrogens with zero attached hydrogens (tertiary/aromatic N) is 3. The zero-order valence-corrected chi connectivity index (χ0v) is 16.3. The van der Waals surface area contributed by atoms with Gasteiger partial charge in [0.15, 0.2) is 10.8 Å². The van der Waals surface area contributed by atoms with E-state index >= 15 is 0 Å². The third-order valence-electron chi connectivity index (χ3n) is 5.67. The maximum atomic E-state index is 12.6. The van der Waals surface area contributed by atoms with E-state index in [1.54, 1.807) is 30.5 Å². The topological polar surface area (TPSA) is 101 Å². The Hall–Kier alpha value is -1.97. The van der Waals surface area contributed by atoms with Gasteiger partial charge < -0.3 is 24.6 Å². The number of rotatable bonds is 3. The van der Waals surface area contributed by atoms with E-state index in [-0.39, 0.29) is 11.6 Å². The Morgan fingerprint density at radius 2 is 2.19 bits per heavy atom. The van der Waals surface area contributed by atoms with E-state index in [9.17, 15) is 9.90 Å². The van der Waals surface area contributed by atoms with Crippen LogP contribution in [0, 0.1) is 6.92 Å². The number of aryl methyl sites for hydroxylation is 1. The first-order chi connectivity index (χ1) is 12.9. The Kier molecular flexibility index (Phi) is 4.69. The predicted molar refractivity (Wildman–Crippen MR) is 100.0 cm³/mol. The molecule has 2 N–H and O–H groups in total. The third kappa shape index (κ3) is 3.35. The second-order valence-corrected chi connectivity index (χ2v) is 8.43. The average molecular weight is 392 g/mol. The fraction of sp³-hybridized carbons (Fsp3) is 0.611. The largest absolute Gasteiger partial charge is 0.388 e. The van der Waals surface area contributed by atoms with Crippen molar-refractivity contribution >= 4 is 22.4 Å². The lowest BCUT2D eigenvalue weighted by atomic mass is 9.73. The Morgan fingerprint density at radius 3 is 2.81 bits per heavy atom. The van der Waals surface area contributed by atoms with Crippen molar-refractivity contribution in [1.29, 1.82) is 0 Å². The molecule has 2 fully saturated rings. The van der Waals surface area contributed by atoms with Crippen molar-refractivity contribution in [3.05, 3.63) is 29.1 Å². The molecule has 4 rings (SSSR count). The van der Waals surface area contributed by atoms with Gasteiger partial charge in [0.2, 0.25) is 0 Å². The summed E-state index contributed by atoms with van der Waals surface area (Å²) in [6.07, 6.45) is 2.89. The molecule has 9 heteroatoms. The first-order valence-corrected chi connectivity index (χ1v) is 10.0. The lowest BCUT2D eigenvalue weighted by molar-refractivity contribution is -0.195. The molecule has 0 saturated carbocycles. The molecule has 0 aromatic carbocycles. The van der Waals surface area contributed by atoms with Crippen molar-refractivity contribution < 1.29 is 19.2 Å². The number of anilines is 1. The van der Waals surface area contributed by atoms with Crippen LogP contribution < -0.4 is 10.2 Å². The second-order valence-electron chi connectivity index (χ2n) is 7.56. The van der Waals surface area contributed by atoms with E-state index in [1.165, 1.54) is 0 Å². The van der Waals surface area contributed by atoms with E-state index in [0.29, 0.717) is 31.6 Å². The molecule has 2 aliphatic heterocycles. The minimum Gasteiger partial charge on any atom is -0.388 e. The van der Waals surface area contributed by atoms with Gasteiger partial charge in [0, 0.05) is 37.3 Å². The van der Waals surface area contributed by atoms with Crippen LogP contribution in [-0.2, 0) is 4.74 Å². The molecular weight excluding hydrogens is 368 g/mol. The lowest BCUT2D eigenvalue weighted by Gasteiger charge is -2.53. The number of aliphatic hydroxyl groups excluding tert-OH is 1. The smallest absolute Gasteiger partial charge is 0.273 e. The lowest BCUT2D eigenvalue weighted by Crippen LogP contribution is -2.69. The van der Waals surface area contributed by atoms with Crippen molar-refractivity contribution in [1.82, 2.24) is 15.5 Å². The van der Waals surface area contributed by atoms with Crippen molar-refractivity contribution in [3.63, 3.8) is 0 Å². The molecule has 1 amide bonds. The predicted octanol–water partition coefficient (Wildman–Crippen LogP) is 1.75. The summed E-state index contributed by atoms with van der Waals surface area (Å²) in [7, 11) is 0. The summed E-state index contributed by atoms with van der Waals surface area (Å²) < 4.78 is 11.1. The quantitative estimate of drug-likeness (QED) is 0.821. The first-order valence-electron chi connectivity index (χ1n) is 9.14. The number of aliphatic hydroxyl groups is 1. The Morgan fingerprint density at radius 1 is 1.41 bits per heavy atom. The van der Waals surface area contributed by atoms with Gasteiger partial charge in [-0.2, -0.15) is 0 Å². The number of carbonyl (C=O) groups is 1. The fourth-order valence-electron chi connectivity index (χ4n) is 4.06. The van der Waals surface area contributed by atoms with Gasteiger partial charge in [-0.25, -0.2) is 4.98 Å². The van der Waals surface area contributed by atoms with E-state index in [4.69, 9.17) is 9.26 Å². The number of ether oxygens (including phenoxy) is 1. The van der Waals surface area contributed by atoms with E-state index in [2.05, 4.69) is 20.4 Å². The van der Waals surface area contributed by atoms with Gasteiger partial charge in [-0.05, 0) is 33.1 Å². The number of aromatic nitrogens is 2. The molecule has 0 aliphatic carbocycles. The summed E-state index contributed by atoms with van der Waals surface area (Å²) in [5, 5.41) is 20.9. The summed E-state index contributed by atoms with van der Waals surface area (Å²) in [6, 6.07) is 1.59. The van der Waals surface area contributed by atoms with Crippen molar-refractivity contribution in [2.24, 2.45) is 0 Å². The van der Waals surface area contributed by atoms with Crippen LogP contribution in [0.5, 0.6) is 0 Å². The normalized spacial score (nSPS) is 27.7. The second kappa shape index (κ2) is 6.88. The van der Waals surface area contributed by atoms with Gasteiger partial charge in [-0.15, -0.1) is 11.3 Å². The van der Waals surface area contributed by atoms with Crippen LogP contribution >= 0.6 is 11.3 Å². The van der Waals surface area contributed by atoms with Gasteiger partial charge >= 0.3 is 0 Å². The minimum atomic E-state index is -0.811. The molecule has 2 aromatic rings. The van der Waals surface area contributed by atoms with Gasteiger partial charge in [-0.3, -0.25) is 4.79 Å². The van der Waals surface area contributed by atoms with Gasteiger partial charge in [0.1, 0.15) is 11.9 Å². The highest BCUT2D eigenvalue weighted by atomic mass is 32.1. The molecule has 146 valence electrons. The summed E-state index contributed by atoms with van der Waals surface area (Å²) in [4.78, 5) is 19.1. The van der Waals surface area contributed by atoms with Crippen LogP contribution in [0.1, 0.15) is 42.4 Å². The van der Waals surface area contributed by atoms with Gasteiger partial charge in [0.05, 0.1) is 11.1 Å². The van der Waals surface area contributed by atoms with Crippen LogP contribution in [0.15, 0.2) is 22.2 Å². The number of nitrogens with one attached hydrogen (secondary N) is 1. The zero-order valence-electron chi connectivity index (χ0n) is 15.5. The van der Waals surface area contributed by atoms with Crippen LogP contribution in [0.4, 0.5) is 5.13 Å². The average Bonchev–Trinajstić information content (AvgIpc) is 3.32. The standard InChI is InChI=1S/C18H24N4O4S/c1-12-11-13(21-26-12)14(23)20-17(2)5-9-25-18(15(17)24)3-7-22(8-4-18)16-19-6-10-27-16/h6,10-11,15,24H,3-5,7-9H2,1-2H3,(H,20,23)/t15-,17+/m1/s1. The van der Waals surface area contributed by atoms with Crippen molar-refractivity contribution in [2.75, 3.05) is 24.6 Å². The highest BCUT2D eigenvalue weighted by molar-refractivity contribution is 7.13. The van der Waals surface area contributed by atoms with Crippen molar-refractivity contribution in [3.8, 4) is 0 Å². The van der Waals surface area contributed by atoms with Gasteiger partial charge in [0.25, 0.3) is 5.91 Å². The van der Waals surface area contributed by atoms with E-state index < -0.39 is 17.2 Å². The SMILES string of the molecule is Cc1cc(C(=O)N[C@@]2(C)CCOC3(CCN(c4nccs4)CC3)[C@@H]2O)no1. The molecule has 4 heterocycles. The number of piperidine rings is 1. The molecule has 2 saturated heterocycles. The van der Waals surface area contributed by atoms with Gasteiger partial charge in [-0.1, -0.05) is 5.16 Å². The summed E-state index contributed by atoms with van der Waals surface area (Å²) in [6.45, 7) is 5.62. The van der Waals surface area contributed by atoms with E-state index in [0.717, 1.165) is 18.2 Å². The Labute approximate surface area is 161 Å². The molecule has 1 spiro atoms. The Balaban J connectivity index is 1.47. The highest BCUT2D eigenvalue weighted by Gasteiger charge is 2.54. The molecule has 2 atom stereocenters. The molecular formula is C18H24N4O4S. The first kappa shape index (κ1) is 18.4. The molecule has 0 bridgehead atoms. The number of carbonyl (C=O) groups excluding carboxylic acids is 1. The zero-order chi connectivity index (χ0) is 19.1. The fourth-order valence-corrected chi connectivity index (χ4v) is 4.75. The third-order valence-corrected chi connectivity index (χ3v) is 6.50. The van der Waals surface area contributed by atoms with Crippen LogP contribution in [0.3, 0.4) is 0 Å². The molecule has 8 nitrogen and oxygen atoms in total. The number of thiazole rings is 1. The number of hydrogen-bond acceptors (Lipinski definition) is 8. The van der Waals surface area contributed by atoms with Crippen LogP contribution in [0.25, 0.3) is 0 Å².